The first-order valence-electron chi connectivity index (χ1n) is 24.3. The summed E-state index contributed by atoms with van der Waals surface area (Å²) in [4.78, 5) is 129. The molecule has 0 aliphatic carbocycles. The van der Waals surface area contributed by atoms with Gasteiger partial charge < -0.3 is 78.7 Å². The molecule has 0 saturated carbocycles. The molecule has 0 aromatic carbocycles. The van der Waals surface area contributed by atoms with Crippen LogP contribution < -0.4 is 43.0 Å². The Morgan fingerprint density at radius 1 is 0.723 bits per heavy atom. The average molecular weight is 942 g/mol. The molecule has 1 aliphatic rings. The normalized spacial score (nSPS) is 22.2. The summed E-state index contributed by atoms with van der Waals surface area (Å²) in [5, 5.41) is 83.1. The highest BCUT2D eigenvalue weighted by Crippen LogP contribution is 2.26. The lowest BCUT2D eigenvalue weighted by atomic mass is 9.98. The summed E-state index contributed by atoms with van der Waals surface area (Å²) in [6, 6.07) is -14.8. The number of likely N-dealkylation sites (tertiary alicyclic amines) is 1. The standard InChI is InChI=1S/C39H67N9O17/c1-19(2)12-23(45-37(62)31(20(3)4)48-15-27(51)39(5,65)18-48)35(60)46-25(16-49)32(57)41-14-28(52)42-22(9-10-29(53)54)34(59)44-24(13-30(55)56)36(61)43-21(8-6-7-11-40)33(58)47-26(17-50)38(63)64/h19-27,31,49-51,65H,6-18,40H2,1-5H3,(H,41,57)(H,42,52)(H,43,61)(H,44,59)(H,45,62)(H,46,60)(H,47,58)(H,53,54)(H,55,56)(H,63,64)/t21-,22-,23-,24-,25-,26-,27?,31-,39?/m0/s1/i3D3,4D3,20D,31D. The van der Waals surface area contributed by atoms with Crippen molar-refractivity contribution in [1.82, 2.24) is 42.1 Å². The molecule has 0 aromatic heterocycles. The maximum atomic E-state index is 14.2. The zero-order valence-corrected chi connectivity index (χ0v) is 36.0. The van der Waals surface area contributed by atoms with Crippen molar-refractivity contribution in [3.8, 4) is 0 Å². The minimum atomic E-state index is -4.02. The van der Waals surface area contributed by atoms with Gasteiger partial charge in [0.2, 0.25) is 41.4 Å². The Labute approximate surface area is 386 Å². The lowest BCUT2D eigenvalue weighted by molar-refractivity contribution is -0.144. The highest BCUT2D eigenvalue weighted by atomic mass is 16.4. The Kier molecular flexibility index (Phi) is 19.0. The summed E-state index contributed by atoms with van der Waals surface area (Å²) in [5.74, 6) is -18.9. The van der Waals surface area contributed by atoms with Crippen molar-refractivity contribution in [2.45, 2.75) is 133 Å². The van der Waals surface area contributed by atoms with Gasteiger partial charge in [-0.25, -0.2) is 4.79 Å². The molecule has 16 N–H and O–H groups in total. The number of aliphatic carboxylic acids is 3. The van der Waals surface area contributed by atoms with Crippen LogP contribution in [0.25, 0.3) is 0 Å². The van der Waals surface area contributed by atoms with Gasteiger partial charge in [-0.15, -0.1) is 0 Å². The summed E-state index contributed by atoms with van der Waals surface area (Å²) in [6.07, 6.45) is -4.52. The van der Waals surface area contributed by atoms with Crippen LogP contribution in [-0.2, 0) is 47.9 Å². The van der Waals surface area contributed by atoms with Crippen LogP contribution in [0.15, 0.2) is 0 Å². The molecule has 370 valence electrons. The van der Waals surface area contributed by atoms with Crippen molar-refractivity contribution in [2.75, 3.05) is 39.4 Å². The van der Waals surface area contributed by atoms with Crippen LogP contribution in [0, 0.1) is 11.8 Å². The molecule has 7 amide bonds. The van der Waals surface area contributed by atoms with E-state index in [2.05, 4.69) is 21.3 Å². The first kappa shape index (κ1) is 44.7. The minimum absolute atomic E-state index is 0.140. The van der Waals surface area contributed by atoms with E-state index in [1.807, 2.05) is 16.0 Å². The topological polar surface area (TPSA) is 426 Å². The van der Waals surface area contributed by atoms with Crippen molar-refractivity contribution < 1.29 is 94.7 Å². The fourth-order valence-corrected chi connectivity index (χ4v) is 6.16. The number of rotatable bonds is 30. The maximum Gasteiger partial charge on any atom is 0.328 e. The van der Waals surface area contributed by atoms with Gasteiger partial charge in [0.1, 0.15) is 41.9 Å². The summed E-state index contributed by atoms with van der Waals surface area (Å²) in [7, 11) is 0. The molecule has 1 saturated heterocycles. The van der Waals surface area contributed by atoms with Crippen LogP contribution in [0.3, 0.4) is 0 Å². The van der Waals surface area contributed by atoms with Gasteiger partial charge in [0.05, 0.1) is 39.7 Å². The number of aliphatic hydroxyl groups excluding tert-OH is 3. The minimum Gasteiger partial charge on any atom is -0.481 e. The average Bonchev–Trinajstić information content (AvgIpc) is 3.55. The number of nitrogens with zero attached hydrogens (tertiary/aromatic N) is 1. The molecule has 0 spiro atoms. The number of nitrogens with one attached hydrogen (secondary N) is 7. The van der Waals surface area contributed by atoms with Gasteiger partial charge in [-0.3, -0.25) is 48.1 Å². The predicted octanol–water partition coefficient (Wildman–Crippen LogP) is -5.95. The molecule has 1 fully saturated rings. The molecule has 0 aromatic rings. The van der Waals surface area contributed by atoms with E-state index in [1.165, 1.54) is 13.8 Å². The van der Waals surface area contributed by atoms with Crippen LogP contribution in [0.5, 0.6) is 0 Å². The summed E-state index contributed by atoms with van der Waals surface area (Å²) in [6.45, 7) is -8.76. The Bertz CT molecular complexity index is 1990. The van der Waals surface area contributed by atoms with Crippen molar-refractivity contribution in [3.63, 3.8) is 0 Å². The molecular formula is C39H67N9O17. The molecule has 26 heteroatoms. The fourth-order valence-electron chi connectivity index (χ4n) is 6.16. The number of nitrogens with two attached hydrogens (primary N) is 1. The Hall–Kier alpha value is -5.54. The zero-order valence-electron chi connectivity index (χ0n) is 44.0. The maximum absolute atomic E-state index is 14.2. The number of β-amino-alcohol motifs (C(OH)–C–C–N with tert-alkyl or cyclic N) is 2. The molecule has 9 atom stereocenters. The summed E-state index contributed by atoms with van der Waals surface area (Å²) in [5.41, 5.74) is 3.34. The number of aliphatic hydroxyl groups is 4. The van der Waals surface area contributed by atoms with E-state index in [9.17, 15) is 85.1 Å². The number of hydrogen-bond donors (Lipinski definition) is 15. The Morgan fingerprint density at radius 3 is 1.74 bits per heavy atom. The molecule has 0 bridgehead atoms. The van der Waals surface area contributed by atoms with Crippen LogP contribution in [-0.4, -0.2) is 193 Å². The number of carboxylic acid groups (broad SMARTS) is 3. The highest BCUT2D eigenvalue weighted by molar-refractivity contribution is 5.98. The SMILES string of the molecule is [2H]C([2H])([2H])C([2H])(C([2H])([2H])[2H])[C@@]([2H])(C(=O)N[C@@H](CC(C)C)C(=O)N[C@@H](CO)C(=O)NCC(=O)N[C@@H](CCC(=O)O)C(=O)N[C@@H](CC(=O)O)C(=O)N[C@@H](CCCCN)C(=O)N[C@@H](CO)C(=O)O)N1CC(O)C(C)(O)C1. The van der Waals surface area contributed by atoms with Crippen molar-refractivity contribution in [2.24, 2.45) is 17.5 Å². The van der Waals surface area contributed by atoms with Gasteiger partial charge in [-0.1, -0.05) is 27.6 Å². The number of unbranched alkanes of at least 4 members (excludes halogenated alkanes) is 1. The van der Waals surface area contributed by atoms with Gasteiger partial charge in [0.15, 0.2) is 0 Å². The molecular weight excluding hydrogens is 866 g/mol. The fraction of sp³-hybridized carbons (Fsp3) is 0.744. The Morgan fingerprint density at radius 2 is 1.25 bits per heavy atom. The van der Waals surface area contributed by atoms with E-state index >= 15 is 0 Å². The van der Waals surface area contributed by atoms with Crippen molar-refractivity contribution in [1.29, 1.82) is 0 Å². The van der Waals surface area contributed by atoms with Gasteiger partial charge in [-0.2, -0.15) is 0 Å². The van der Waals surface area contributed by atoms with E-state index in [0.717, 1.165) is 6.92 Å². The molecule has 0 radical (unpaired) electrons. The number of carbonyl (C=O) groups excluding carboxylic acids is 7. The van der Waals surface area contributed by atoms with Crippen molar-refractivity contribution in [3.05, 3.63) is 0 Å². The molecule has 26 nitrogen and oxygen atoms in total. The lowest BCUT2D eigenvalue weighted by Crippen LogP contribution is -2.59. The van der Waals surface area contributed by atoms with Crippen LogP contribution >= 0.6 is 0 Å². The molecule has 65 heavy (non-hydrogen) atoms. The number of carbonyl (C=O) groups is 10. The third-order valence-corrected chi connectivity index (χ3v) is 9.65. The van der Waals surface area contributed by atoms with E-state index in [4.69, 9.17) is 15.3 Å². The van der Waals surface area contributed by atoms with Gasteiger partial charge in [0.25, 0.3) is 0 Å². The second kappa shape index (κ2) is 27.7. The van der Waals surface area contributed by atoms with E-state index < -0.39 is 191 Å². The monoisotopic (exact) mass is 942 g/mol. The lowest BCUT2D eigenvalue weighted by Gasteiger charge is -2.32. The van der Waals surface area contributed by atoms with Crippen LogP contribution in [0.2, 0.25) is 0 Å². The van der Waals surface area contributed by atoms with Crippen LogP contribution in [0.4, 0.5) is 0 Å². The number of hydrogen-bond acceptors (Lipinski definition) is 16. The van der Waals surface area contributed by atoms with Gasteiger partial charge >= 0.3 is 17.9 Å². The van der Waals surface area contributed by atoms with Crippen molar-refractivity contribution >= 4 is 59.3 Å². The molecule has 2 unspecified atom stereocenters. The first-order valence-corrected chi connectivity index (χ1v) is 20.3. The third kappa shape index (κ3) is 20.0. The smallest absolute Gasteiger partial charge is 0.328 e. The van der Waals surface area contributed by atoms with E-state index in [-0.39, 0.29) is 25.8 Å². The second-order valence-corrected chi connectivity index (χ2v) is 15.7. The second-order valence-electron chi connectivity index (χ2n) is 15.7. The van der Waals surface area contributed by atoms with E-state index in [1.54, 1.807) is 0 Å². The number of carboxylic acids is 3. The van der Waals surface area contributed by atoms with Gasteiger partial charge in [0, 0.05) is 29.1 Å². The number of amides is 7. The Balaban J connectivity index is 3.38. The summed E-state index contributed by atoms with van der Waals surface area (Å²) >= 11 is 0. The third-order valence-electron chi connectivity index (χ3n) is 9.65. The van der Waals surface area contributed by atoms with E-state index in [0.29, 0.717) is 11.3 Å². The largest absolute Gasteiger partial charge is 0.481 e. The zero-order chi connectivity index (χ0) is 56.6. The molecule has 1 heterocycles. The molecule has 1 rings (SSSR count). The quantitative estimate of drug-likeness (QED) is 0.0298. The molecule has 1 aliphatic heterocycles. The van der Waals surface area contributed by atoms with Crippen LogP contribution in [0.1, 0.15) is 90.4 Å². The predicted molar refractivity (Wildman–Crippen MR) is 225 cm³/mol. The highest BCUT2D eigenvalue weighted by Gasteiger charge is 2.46. The summed E-state index contributed by atoms with van der Waals surface area (Å²) < 4.78 is 66.0. The van der Waals surface area contributed by atoms with Gasteiger partial charge in [-0.05, 0) is 57.4 Å². The first-order chi connectivity index (χ1) is 33.4.